The van der Waals surface area contributed by atoms with Crippen LogP contribution >= 0.6 is 0 Å². The van der Waals surface area contributed by atoms with Crippen molar-refractivity contribution in [2.45, 2.75) is 6.42 Å². The molecule has 0 N–H and O–H groups in total. The first kappa shape index (κ1) is 22.5. The van der Waals surface area contributed by atoms with Gasteiger partial charge in [-0.3, -0.25) is 4.79 Å². The summed E-state index contributed by atoms with van der Waals surface area (Å²) < 4.78 is 33.9. The molecule has 0 aliphatic heterocycles. The van der Waals surface area contributed by atoms with Gasteiger partial charge in [0.2, 0.25) is 5.75 Å². The average Bonchev–Trinajstić information content (AvgIpc) is 2.77. The molecule has 2 aromatic rings. The lowest BCUT2D eigenvalue weighted by atomic mass is 10.2. The normalized spacial score (nSPS) is 9.97. The number of rotatable bonds is 9. The van der Waals surface area contributed by atoms with E-state index in [1.807, 2.05) is 6.07 Å². The van der Waals surface area contributed by atoms with Gasteiger partial charge in [0.25, 0.3) is 5.91 Å². The molecule has 8 nitrogen and oxygen atoms in total. The zero-order valence-corrected chi connectivity index (χ0v) is 16.8. The van der Waals surface area contributed by atoms with Crippen LogP contribution in [0.1, 0.15) is 16.8 Å². The van der Waals surface area contributed by atoms with Gasteiger partial charge in [-0.1, -0.05) is 0 Å². The summed E-state index contributed by atoms with van der Waals surface area (Å²) in [6.07, 6.45) is 0.0595. The van der Waals surface area contributed by atoms with Crippen LogP contribution in [0.4, 0.5) is 10.1 Å². The minimum Gasteiger partial charge on any atom is -0.493 e. The molecule has 158 valence electrons. The second-order valence-electron chi connectivity index (χ2n) is 5.92. The van der Waals surface area contributed by atoms with E-state index in [4.69, 9.17) is 24.2 Å². The first-order valence-corrected chi connectivity index (χ1v) is 8.85. The van der Waals surface area contributed by atoms with E-state index in [-0.39, 0.29) is 30.0 Å². The van der Waals surface area contributed by atoms with Crippen molar-refractivity contribution < 1.29 is 32.9 Å². The van der Waals surface area contributed by atoms with Crippen LogP contribution in [0, 0.1) is 17.1 Å². The van der Waals surface area contributed by atoms with Gasteiger partial charge in [0, 0.05) is 12.2 Å². The molecule has 0 unspecified atom stereocenters. The monoisotopic (exact) mass is 416 g/mol. The lowest BCUT2D eigenvalue weighted by molar-refractivity contribution is -0.121. The number of ether oxygens (including phenoxy) is 4. The van der Waals surface area contributed by atoms with Gasteiger partial charge in [-0.25, -0.2) is 9.18 Å². The molecule has 9 heteroatoms. The van der Waals surface area contributed by atoms with Crippen LogP contribution in [0.15, 0.2) is 36.4 Å². The smallest absolute Gasteiger partial charge is 0.338 e. The second-order valence-corrected chi connectivity index (χ2v) is 5.92. The molecule has 0 atom stereocenters. The van der Waals surface area contributed by atoms with Crippen LogP contribution in [0.2, 0.25) is 0 Å². The van der Waals surface area contributed by atoms with Crippen LogP contribution in [0.3, 0.4) is 0 Å². The number of nitriles is 1. The van der Waals surface area contributed by atoms with Crippen molar-refractivity contribution in [3.8, 4) is 23.3 Å². The largest absolute Gasteiger partial charge is 0.493 e. The summed E-state index contributed by atoms with van der Waals surface area (Å²) in [6.45, 7) is -0.499. The zero-order chi connectivity index (χ0) is 22.1. The van der Waals surface area contributed by atoms with Crippen LogP contribution in [-0.4, -0.2) is 46.4 Å². The molecule has 2 aromatic carbocycles. The summed E-state index contributed by atoms with van der Waals surface area (Å²) >= 11 is 0. The molecule has 0 saturated heterocycles. The predicted molar refractivity (Wildman–Crippen MR) is 105 cm³/mol. The first-order chi connectivity index (χ1) is 14.4. The fourth-order valence-electron chi connectivity index (χ4n) is 2.67. The molecule has 0 aromatic heterocycles. The number of nitrogens with zero attached hydrogens (tertiary/aromatic N) is 2. The minimum atomic E-state index is -0.776. The molecule has 0 spiro atoms. The highest BCUT2D eigenvalue weighted by Crippen LogP contribution is 2.38. The van der Waals surface area contributed by atoms with Crippen molar-refractivity contribution in [3.63, 3.8) is 0 Å². The molecule has 0 aliphatic carbocycles. The number of carbonyl (C=O) groups is 2. The van der Waals surface area contributed by atoms with Crippen LogP contribution in [0.25, 0.3) is 0 Å². The first-order valence-electron chi connectivity index (χ1n) is 8.85. The molecule has 0 saturated carbocycles. The van der Waals surface area contributed by atoms with Gasteiger partial charge in [-0.2, -0.15) is 5.26 Å². The highest BCUT2D eigenvalue weighted by atomic mass is 19.1. The van der Waals surface area contributed by atoms with Gasteiger partial charge in [-0.05, 0) is 36.4 Å². The highest BCUT2D eigenvalue weighted by molar-refractivity contribution is 5.97. The number of hydrogen-bond acceptors (Lipinski definition) is 7. The Kier molecular flexibility index (Phi) is 7.99. The Morgan fingerprint density at radius 1 is 1.03 bits per heavy atom. The van der Waals surface area contributed by atoms with Crippen molar-refractivity contribution in [3.05, 3.63) is 47.8 Å². The van der Waals surface area contributed by atoms with E-state index in [0.717, 1.165) is 0 Å². The average molecular weight is 416 g/mol. The van der Waals surface area contributed by atoms with E-state index in [1.54, 1.807) is 0 Å². The Morgan fingerprint density at radius 3 is 2.13 bits per heavy atom. The fraction of sp³-hybridized carbons (Fsp3) is 0.286. The summed E-state index contributed by atoms with van der Waals surface area (Å²) in [7, 11) is 4.25. The summed E-state index contributed by atoms with van der Waals surface area (Å²) in [5.74, 6) is -0.958. The van der Waals surface area contributed by atoms with E-state index in [2.05, 4.69) is 0 Å². The van der Waals surface area contributed by atoms with Crippen molar-refractivity contribution in [2.75, 3.05) is 39.4 Å². The number of carbonyl (C=O) groups excluding carboxylic acids is 2. The number of anilines is 1. The summed E-state index contributed by atoms with van der Waals surface area (Å²) in [5.41, 5.74) is 0.489. The Morgan fingerprint density at radius 2 is 1.63 bits per heavy atom. The lowest BCUT2D eigenvalue weighted by Crippen LogP contribution is -2.35. The maximum atomic E-state index is 13.2. The molecular weight excluding hydrogens is 395 g/mol. The number of esters is 1. The predicted octanol–water partition coefficient (Wildman–Crippen LogP) is 2.96. The summed E-state index contributed by atoms with van der Waals surface area (Å²) in [5, 5.41) is 8.83. The molecule has 30 heavy (non-hydrogen) atoms. The molecule has 1 amide bonds. The Hall–Kier alpha value is -3.80. The van der Waals surface area contributed by atoms with Gasteiger partial charge in [0.15, 0.2) is 18.1 Å². The quantitative estimate of drug-likeness (QED) is 0.580. The third-order valence-electron chi connectivity index (χ3n) is 4.11. The highest BCUT2D eigenvalue weighted by Gasteiger charge is 2.21. The minimum absolute atomic E-state index is 0.0595. The number of halogens is 1. The van der Waals surface area contributed by atoms with Gasteiger partial charge >= 0.3 is 5.97 Å². The SMILES string of the molecule is COc1cc(C(=O)OCC(=O)N(CCC#N)c2ccc(F)cc2)cc(OC)c1OC. The topological polar surface area (TPSA) is 98.1 Å². The standard InChI is InChI=1S/C21H21FN2O6/c1-27-17-11-14(12-18(28-2)20(17)29-3)21(26)30-13-19(25)24(10-4-9-23)16-7-5-15(22)6-8-16/h5-8,11-12H,4,10,13H2,1-3H3. The summed E-state index contributed by atoms with van der Waals surface area (Å²) in [6, 6.07) is 9.97. The van der Waals surface area contributed by atoms with E-state index in [1.165, 1.54) is 62.6 Å². The van der Waals surface area contributed by atoms with Crippen molar-refractivity contribution in [2.24, 2.45) is 0 Å². The Balaban J connectivity index is 2.15. The second kappa shape index (κ2) is 10.7. The van der Waals surface area contributed by atoms with Gasteiger partial charge in [0.05, 0.1) is 39.4 Å². The van der Waals surface area contributed by atoms with E-state index < -0.39 is 24.3 Å². The number of methoxy groups -OCH3 is 3. The Labute approximate surface area is 173 Å². The van der Waals surface area contributed by atoms with Gasteiger partial charge in [-0.15, -0.1) is 0 Å². The van der Waals surface area contributed by atoms with Gasteiger partial charge < -0.3 is 23.8 Å². The van der Waals surface area contributed by atoms with Crippen molar-refractivity contribution >= 4 is 17.6 Å². The molecular formula is C21H21FN2O6. The molecule has 0 heterocycles. The fourth-order valence-corrected chi connectivity index (χ4v) is 2.67. The molecule has 0 bridgehead atoms. The molecule has 0 radical (unpaired) electrons. The van der Waals surface area contributed by atoms with Crippen molar-refractivity contribution in [1.29, 1.82) is 5.26 Å². The maximum Gasteiger partial charge on any atom is 0.338 e. The third kappa shape index (κ3) is 5.38. The lowest BCUT2D eigenvalue weighted by Gasteiger charge is -2.21. The third-order valence-corrected chi connectivity index (χ3v) is 4.11. The number of benzene rings is 2. The van der Waals surface area contributed by atoms with Gasteiger partial charge in [0.1, 0.15) is 5.82 Å². The number of hydrogen-bond donors (Lipinski definition) is 0. The van der Waals surface area contributed by atoms with Crippen molar-refractivity contribution in [1.82, 2.24) is 0 Å². The van der Waals surface area contributed by atoms with E-state index in [0.29, 0.717) is 11.4 Å². The molecule has 2 rings (SSSR count). The maximum absolute atomic E-state index is 13.2. The number of amides is 1. The van der Waals surface area contributed by atoms with Crippen LogP contribution in [0.5, 0.6) is 17.2 Å². The van der Waals surface area contributed by atoms with E-state index >= 15 is 0 Å². The summed E-state index contributed by atoms with van der Waals surface area (Å²) in [4.78, 5) is 26.3. The zero-order valence-electron chi connectivity index (χ0n) is 16.8. The van der Waals surface area contributed by atoms with Crippen LogP contribution < -0.4 is 19.1 Å². The molecule has 0 aliphatic rings. The van der Waals surface area contributed by atoms with E-state index in [9.17, 15) is 14.0 Å². The van der Waals surface area contributed by atoms with Crippen LogP contribution in [-0.2, 0) is 9.53 Å². The Bertz CT molecular complexity index is 914. The molecule has 0 fully saturated rings.